The van der Waals surface area contributed by atoms with Crippen molar-refractivity contribution in [2.24, 2.45) is 0 Å². The minimum atomic E-state index is -0.614. The van der Waals surface area contributed by atoms with E-state index in [9.17, 15) is 19.8 Å². The number of phenols is 2. The normalized spacial score (nSPS) is 10.3. The highest BCUT2D eigenvalue weighted by molar-refractivity contribution is 5.96. The zero-order valence-corrected chi connectivity index (χ0v) is 14.4. The van der Waals surface area contributed by atoms with Gasteiger partial charge in [0.15, 0.2) is 0 Å². The summed E-state index contributed by atoms with van der Waals surface area (Å²) < 4.78 is 10.4. The Morgan fingerprint density at radius 1 is 0.741 bits per heavy atom. The minimum absolute atomic E-state index is 0.0120. The smallest absolute Gasteiger partial charge is 0.343 e. The first-order valence-corrected chi connectivity index (χ1v) is 8.05. The van der Waals surface area contributed by atoms with Crippen molar-refractivity contribution in [1.82, 2.24) is 0 Å². The van der Waals surface area contributed by atoms with Gasteiger partial charge in [-0.25, -0.2) is 9.59 Å². The molecule has 0 aliphatic carbocycles. The molecule has 0 bridgehead atoms. The van der Waals surface area contributed by atoms with Crippen LogP contribution in [0, 0.1) is 6.92 Å². The summed E-state index contributed by atoms with van der Waals surface area (Å²) in [7, 11) is 0. The maximum absolute atomic E-state index is 12.3. The molecule has 0 fully saturated rings. The highest BCUT2D eigenvalue weighted by Crippen LogP contribution is 2.22. The number of aryl methyl sites for hydroxylation is 1. The molecule has 6 nitrogen and oxygen atoms in total. The Kier molecular flexibility index (Phi) is 5.08. The molecule has 3 aromatic carbocycles. The van der Waals surface area contributed by atoms with Gasteiger partial charge in [-0.15, -0.1) is 0 Å². The van der Waals surface area contributed by atoms with Crippen LogP contribution in [-0.4, -0.2) is 22.2 Å². The average Bonchev–Trinajstić information content (AvgIpc) is 2.61. The molecule has 27 heavy (non-hydrogen) atoms. The van der Waals surface area contributed by atoms with Crippen LogP contribution in [0.25, 0.3) is 0 Å². The van der Waals surface area contributed by atoms with Crippen LogP contribution < -0.4 is 9.47 Å². The van der Waals surface area contributed by atoms with Crippen LogP contribution in [0.2, 0.25) is 0 Å². The molecule has 0 aromatic heterocycles. The first kappa shape index (κ1) is 18.0. The Hall–Kier alpha value is -3.80. The quantitative estimate of drug-likeness (QED) is 0.540. The van der Waals surface area contributed by atoms with Gasteiger partial charge in [-0.1, -0.05) is 12.1 Å². The molecule has 0 spiro atoms. The lowest BCUT2D eigenvalue weighted by atomic mass is 10.1. The summed E-state index contributed by atoms with van der Waals surface area (Å²) in [5.74, 6) is -0.817. The molecule has 0 atom stereocenters. The lowest BCUT2D eigenvalue weighted by Gasteiger charge is -2.09. The maximum Gasteiger partial charge on any atom is 0.343 e. The van der Waals surface area contributed by atoms with Gasteiger partial charge < -0.3 is 19.7 Å². The maximum atomic E-state index is 12.3. The summed E-state index contributed by atoms with van der Waals surface area (Å²) >= 11 is 0. The largest absolute Gasteiger partial charge is 0.508 e. The van der Waals surface area contributed by atoms with Gasteiger partial charge in [0.1, 0.15) is 23.0 Å². The summed E-state index contributed by atoms with van der Waals surface area (Å²) in [4.78, 5) is 24.5. The number of carbonyl (C=O) groups is 2. The fourth-order valence-corrected chi connectivity index (χ4v) is 2.44. The van der Waals surface area contributed by atoms with Crippen LogP contribution in [0.3, 0.4) is 0 Å². The fraction of sp³-hybridized carbons (Fsp3) is 0.0476. The van der Waals surface area contributed by atoms with Gasteiger partial charge in [-0.2, -0.15) is 0 Å². The van der Waals surface area contributed by atoms with E-state index >= 15 is 0 Å². The number of phenolic OH excluding ortho intramolecular Hbond substituents is 2. The van der Waals surface area contributed by atoms with E-state index in [0.717, 1.165) is 0 Å². The molecule has 136 valence electrons. The van der Waals surface area contributed by atoms with E-state index in [4.69, 9.17) is 9.47 Å². The van der Waals surface area contributed by atoms with E-state index in [0.29, 0.717) is 5.56 Å². The number of rotatable bonds is 4. The van der Waals surface area contributed by atoms with Crippen LogP contribution >= 0.6 is 0 Å². The molecule has 3 rings (SSSR count). The van der Waals surface area contributed by atoms with E-state index in [-0.39, 0.29) is 34.1 Å². The van der Waals surface area contributed by atoms with E-state index in [1.807, 2.05) is 0 Å². The van der Waals surface area contributed by atoms with Crippen LogP contribution in [0.5, 0.6) is 23.0 Å². The summed E-state index contributed by atoms with van der Waals surface area (Å²) in [6.45, 7) is 1.67. The first-order valence-electron chi connectivity index (χ1n) is 8.05. The Morgan fingerprint density at radius 2 is 1.30 bits per heavy atom. The van der Waals surface area contributed by atoms with E-state index in [2.05, 4.69) is 0 Å². The third kappa shape index (κ3) is 4.43. The van der Waals surface area contributed by atoms with Crippen LogP contribution in [0.1, 0.15) is 26.3 Å². The van der Waals surface area contributed by atoms with Gasteiger partial charge in [0, 0.05) is 12.1 Å². The molecule has 0 saturated carbocycles. The lowest BCUT2D eigenvalue weighted by Crippen LogP contribution is -2.13. The van der Waals surface area contributed by atoms with Crippen molar-refractivity contribution >= 4 is 11.9 Å². The summed E-state index contributed by atoms with van der Waals surface area (Å²) in [5, 5.41) is 18.8. The lowest BCUT2D eigenvalue weighted by molar-refractivity contribution is 0.0719. The van der Waals surface area contributed by atoms with Gasteiger partial charge in [0.25, 0.3) is 0 Å². The number of ether oxygens (including phenoxy) is 2. The molecule has 0 aliphatic heterocycles. The zero-order valence-electron chi connectivity index (χ0n) is 14.4. The first-order chi connectivity index (χ1) is 12.9. The van der Waals surface area contributed by atoms with Crippen molar-refractivity contribution in [2.45, 2.75) is 6.92 Å². The van der Waals surface area contributed by atoms with Gasteiger partial charge in [0.05, 0.1) is 11.1 Å². The number of hydrogen-bond acceptors (Lipinski definition) is 6. The molecule has 0 saturated heterocycles. The van der Waals surface area contributed by atoms with E-state index < -0.39 is 11.9 Å². The molecule has 0 aliphatic rings. The van der Waals surface area contributed by atoms with Gasteiger partial charge >= 0.3 is 11.9 Å². The van der Waals surface area contributed by atoms with Crippen molar-refractivity contribution in [2.75, 3.05) is 0 Å². The Bertz CT molecular complexity index is 1010. The van der Waals surface area contributed by atoms with Crippen LogP contribution in [0.15, 0.2) is 66.7 Å². The molecule has 0 radical (unpaired) electrons. The molecule has 0 heterocycles. The minimum Gasteiger partial charge on any atom is -0.508 e. The molecule has 3 aromatic rings. The molecular formula is C21H16O6. The van der Waals surface area contributed by atoms with Gasteiger partial charge in [-0.3, -0.25) is 0 Å². The second kappa shape index (κ2) is 7.61. The Morgan fingerprint density at radius 3 is 1.81 bits per heavy atom. The molecule has 2 N–H and O–H groups in total. The van der Waals surface area contributed by atoms with Crippen LogP contribution in [-0.2, 0) is 0 Å². The average molecular weight is 364 g/mol. The van der Waals surface area contributed by atoms with E-state index in [1.165, 1.54) is 42.5 Å². The predicted molar refractivity (Wildman–Crippen MR) is 97.3 cm³/mol. The van der Waals surface area contributed by atoms with Crippen molar-refractivity contribution in [3.8, 4) is 23.0 Å². The molecule has 6 heteroatoms. The summed E-state index contributed by atoms with van der Waals surface area (Å²) in [6.07, 6.45) is 0. The zero-order chi connectivity index (χ0) is 19.4. The number of carbonyl (C=O) groups excluding carboxylic acids is 2. The molecular weight excluding hydrogens is 348 g/mol. The second-order valence-electron chi connectivity index (χ2n) is 5.80. The van der Waals surface area contributed by atoms with Crippen molar-refractivity contribution < 1.29 is 29.3 Å². The summed E-state index contributed by atoms with van der Waals surface area (Å²) in [5.41, 5.74) is 1.07. The summed E-state index contributed by atoms with van der Waals surface area (Å²) in [6, 6.07) is 16.2. The second-order valence-corrected chi connectivity index (χ2v) is 5.80. The Balaban J connectivity index is 1.74. The van der Waals surface area contributed by atoms with Crippen LogP contribution in [0.4, 0.5) is 0 Å². The van der Waals surface area contributed by atoms with Gasteiger partial charge in [0.2, 0.25) is 0 Å². The van der Waals surface area contributed by atoms with Gasteiger partial charge in [-0.05, 0) is 55.0 Å². The highest BCUT2D eigenvalue weighted by Gasteiger charge is 2.16. The number of hydrogen-bond donors (Lipinski definition) is 2. The molecule has 0 unspecified atom stereocenters. The third-order valence-corrected chi connectivity index (χ3v) is 3.74. The number of aromatic hydroxyl groups is 2. The standard InChI is InChI=1S/C21H16O6/c1-13-10-14(20(24)26-17-6-2-4-15(22)11-17)8-9-19(13)21(25)27-18-7-3-5-16(23)12-18/h2-12,22-23H,1H3. The topological polar surface area (TPSA) is 93.1 Å². The molecule has 0 amide bonds. The predicted octanol–water partition coefficient (Wildman–Crippen LogP) is 3.84. The van der Waals surface area contributed by atoms with E-state index in [1.54, 1.807) is 31.2 Å². The fourth-order valence-electron chi connectivity index (χ4n) is 2.44. The van der Waals surface area contributed by atoms with Crippen molar-refractivity contribution in [3.63, 3.8) is 0 Å². The highest BCUT2D eigenvalue weighted by atomic mass is 16.5. The SMILES string of the molecule is Cc1cc(C(=O)Oc2cccc(O)c2)ccc1C(=O)Oc1cccc(O)c1. The third-order valence-electron chi connectivity index (χ3n) is 3.74. The monoisotopic (exact) mass is 364 g/mol. The Labute approximate surface area is 155 Å². The van der Waals surface area contributed by atoms with Crippen molar-refractivity contribution in [3.05, 3.63) is 83.4 Å². The van der Waals surface area contributed by atoms with Crippen molar-refractivity contribution in [1.29, 1.82) is 0 Å². The number of benzene rings is 3. The number of esters is 2.